The summed E-state index contributed by atoms with van der Waals surface area (Å²) in [5.41, 5.74) is 2.87. The standard InChI is InChI=1S/C21H22ClNO5/c1-4-18(24)15-5-7-16(8-6-15)27-12-20(26)28-11-19(25)23-21-14(3)9-13(2)10-17(21)22/h5-10H,4,11-12H2,1-3H3,(H,23,25). The normalized spacial score (nSPS) is 10.3. The zero-order valence-corrected chi connectivity index (χ0v) is 16.8. The Hall–Kier alpha value is -2.86. The third kappa shape index (κ3) is 6.09. The first-order valence-electron chi connectivity index (χ1n) is 8.78. The molecule has 1 N–H and O–H groups in total. The van der Waals surface area contributed by atoms with Gasteiger partial charge >= 0.3 is 5.97 Å². The van der Waals surface area contributed by atoms with Gasteiger partial charge < -0.3 is 14.8 Å². The van der Waals surface area contributed by atoms with Crippen molar-refractivity contribution < 1.29 is 23.9 Å². The molecule has 7 heteroatoms. The third-order valence-corrected chi connectivity index (χ3v) is 4.21. The molecule has 148 valence electrons. The van der Waals surface area contributed by atoms with E-state index in [2.05, 4.69) is 5.32 Å². The summed E-state index contributed by atoms with van der Waals surface area (Å²) in [7, 11) is 0. The second kappa shape index (κ2) is 9.90. The van der Waals surface area contributed by atoms with Crippen LogP contribution in [0.2, 0.25) is 5.02 Å². The number of amides is 1. The zero-order chi connectivity index (χ0) is 20.7. The van der Waals surface area contributed by atoms with Crippen LogP contribution in [0.5, 0.6) is 5.75 Å². The molecular formula is C21H22ClNO5. The minimum absolute atomic E-state index is 0.0286. The topological polar surface area (TPSA) is 81.7 Å². The van der Waals surface area contributed by atoms with E-state index in [1.807, 2.05) is 19.9 Å². The Kier molecular flexibility index (Phi) is 7.58. The van der Waals surface area contributed by atoms with E-state index in [0.717, 1.165) is 11.1 Å². The number of aryl methyl sites for hydroxylation is 2. The predicted octanol–water partition coefficient (Wildman–Crippen LogP) is 4.11. The number of rotatable bonds is 8. The summed E-state index contributed by atoms with van der Waals surface area (Å²) in [6.07, 6.45) is 0.419. The third-order valence-electron chi connectivity index (χ3n) is 3.91. The minimum atomic E-state index is -0.685. The summed E-state index contributed by atoms with van der Waals surface area (Å²) < 4.78 is 10.2. The van der Waals surface area contributed by atoms with E-state index in [-0.39, 0.29) is 12.4 Å². The molecule has 0 atom stereocenters. The van der Waals surface area contributed by atoms with Gasteiger partial charge in [-0.3, -0.25) is 9.59 Å². The smallest absolute Gasteiger partial charge is 0.344 e. The lowest BCUT2D eigenvalue weighted by atomic mass is 10.1. The molecular weight excluding hydrogens is 382 g/mol. The second-order valence-corrected chi connectivity index (χ2v) is 6.64. The summed E-state index contributed by atoms with van der Waals surface area (Å²) in [5, 5.41) is 3.06. The summed E-state index contributed by atoms with van der Waals surface area (Å²) in [6.45, 7) is 4.72. The van der Waals surface area contributed by atoms with Crippen LogP contribution in [0.25, 0.3) is 0 Å². The Balaban J connectivity index is 1.79. The van der Waals surface area contributed by atoms with Crippen molar-refractivity contribution in [2.45, 2.75) is 27.2 Å². The van der Waals surface area contributed by atoms with E-state index >= 15 is 0 Å². The first-order chi connectivity index (χ1) is 13.3. The number of benzene rings is 2. The number of ether oxygens (including phenoxy) is 2. The Morgan fingerprint density at radius 1 is 1.04 bits per heavy atom. The van der Waals surface area contributed by atoms with Gasteiger partial charge in [-0.15, -0.1) is 0 Å². The van der Waals surface area contributed by atoms with Gasteiger partial charge in [-0.05, 0) is 55.3 Å². The molecule has 0 aliphatic rings. The van der Waals surface area contributed by atoms with Gasteiger partial charge in [0, 0.05) is 12.0 Å². The van der Waals surface area contributed by atoms with Gasteiger partial charge in [0.25, 0.3) is 5.91 Å². The maximum absolute atomic E-state index is 12.0. The van der Waals surface area contributed by atoms with Crippen molar-refractivity contribution in [2.24, 2.45) is 0 Å². The second-order valence-electron chi connectivity index (χ2n) is 6.24. The Labute approximate surface area is 168 Å². The van der Waals surface area contributed by atoms with Gasteiger partial charge in [0.2, 0.25) is 0 Å². The van der Waals surface area contributed by atoms with Gasteiger partial charge in [-0.25, -0.2) is 4.79 Å². The van der Waals surface area contributed by atoms with Crippen molar-refractivity contribution in [2.75, 3.05) is 18.5 Å². The van der Waals surface area contributed by atoms with Gasteiger partial charge in [-0.2, -0.15) is 0 Å². The Morgan fingerprint density at radius 2 is 1.71 bits per heavy atom. The molecule has 0 bridgehead atoms. The van der Waals surface area contributed by atoms with Crippen LogP contribution in [0, 0.1) is 13.8 Å². The molecule has 2 aromatic rings. The molecule has 28 heavy (non-hydrogen) atoms. The number of carbonyl (C=O) groups is 3. The van der Waals surface area contributed by atoms with Gasteiger partial charge in [-0.1, -0.05) is 24.6 Å². The van der Waals surface area contributed by atoms with Crippen LogP contribution in [0.3, 0.4) is 0 Å². The highest BCUT2D eigenvalue weighted by Gasteiger charge is 2.12. The molecule has 0 radical (unpaired) electrons. The highest BCUT2D eigenvalue weighted by molar-refractivity contribution is 6.34. The van der Waals surface area contributed by atoms with Crippen molar-refractivity contribution in [3.63, 3.8) is 0 Å². The molecule has 2 aromatic carbocycles. The zero-order valence-electron chi connectivity index (χ0n) is 16.0. The van der Waals surface area contributed by atoms with E-state index in [9.17, 15) is 14.4 Å². The maximum Gasteiger partial charge on any atom is 0.344 e. The lowest BCUT2D eigenvalue weighted by Gasteiger charge is -2.12. The number of anilines is 1. The van der Waals surface area contributed by atoms with Crippen molar-refractivity contribution in [3.05, 3.63) is 58.1 Å². The highest BCUT2D eigenvalue weighted by atomic mass is 35.5. The van der Waals surface area contributed by atoms with E-state index < -0.39 is 18.5 Å². The average Bonchev–Trinajstić information content (AvgIpc) is 2.67. The monoisotopic (exact) mass is 403 g/mol. The van der Waals surface area contributed by atoms with Gasteiger partial charge in [0.15, 0.2) is 19.0 Å². The van der Waals surface area contributed by atoms with E-state index in [4.69, 9.17) is 21.1 Å². The molecule has 6 nitrogen and oxygen atoms in total. The molecule has 0 unspecified atom stereocenters. The summed E-state index contributed by atoms with van der Waals surface area (Å²) in [6, 6.07) is 10.1. The molecule has 0 saturated heterocycles. The largest absolute Gasteiger partial charge is 0.482 e. The van der Waals surface area contributed by atoms with Crippen molar-refractivity contribution in [1.29, 1.82) is 0 Å². The van der Waals surface area contributed by atoms with Crippen molar-refractivity contribution in [1.82, 2.24) is 0 Å². The van der Waals surface area contributed by atoms with Gasteiger partial charge in [0.05, 0.1) is 10.7 Å². The number of hydrogen-bond acceptors (Lipinski definition) is 5. The summed E-state index contributed by atoms with van der Waals surface area (Å²) in [5.74, 6) is -0.725. The predicted molar refractivity (Wildman–Crippen MR) is 107 cm³/mol. The Bertz CT molecular complexity index is 854. The Morgan fingerprint density at radius 3 is 2.32 bits per heavy atom. The lowest BCUT2D eigenvalue weighted by Crippen LogP contribution is -2.24. The summed E-state index contributed by atoms with van der Waals surface area (Å²) in [4.78, 5) is 35.3. The molecule has 0 heterocycles. The van der Waals surface area contributed by atoms with Crippen LogP contribution in [-0.2, 0) is 14.3 Å². The lowest BCUT2D eigenvalue weighted by molar-refractivity contribution is -0.149. The number of esters is 1. The molecule has 0 aliphatic heterocycles. The SMILES string of the molecule is CCC(=O)c1ccc(OCC(=O)OCC(=O)Nc2c(C)cc(C)cc2Cl)cc1. The van der Waals surface area contributed by atoms with Crippen LogP contribution in [0.1, 0.15) is 34.8 Å². The molecule has 0 spiro atoms. The van der Waals surface area contributed by atoms with Crippen LogP contribution in [-0.4, -0.2) is 30.9 Å². The molecule has 0 fully saturated rings. The fourth-order valence-corrected chi connectivity index (χ4v) is 2.89. The number of halogens is 1. The number of Topliss-reactive ketones (excluding diaryl/α,β-unsaturated/α-hetero) is 1. The fourth-order valence-electron chi connectivity index (χ4n) is 2.52. The fraction of sp³-hybridized carbons (Fsp3) is 0.286. The molecule has 0 aliphatic carbocycles. The van der Waals surface area contributed by atoms with Crippen LogP contribution in [0.4, 0.5) is 5.69 Å². The first kappa shape index (κ1) is 21.4. The summed E-state index contributed by atoms with van der Waals surface area (Å²) >= 11 is 6.14. The van der Waals surface area contributed by atoms with Crippen LogP contribution in [0.15, 0.2) is 36.4 Å². The molecule has 0 aromatic heterocycles. The number of hydrogen-bond donors (Lipinski definition) is 1. The minimum Gasteiger partial charge on any atom is -0.482 e. The van der Waals surface area contributed by atoms with Crippen LogP contribution < -0.4 is 10.1 Å². The average molecular weight is 404 g/mol. The molecule has 2 rings (SSSR count). The van der Waals surface area contributed by atoms with Crippen molar-refractivity contribution >= 4 is 34.9 Å². The van der Waals surface area contributed by atoms with Crippen LogP contribution >= 0.6 is 11.6 Å². The molecule has 1 amide bonds. The van der Waals surface area contributed by atoms with E-state index in [1.165, 1.54) is 0 Å². The van der Waals surface area contributed by atoms with E-state index in [1.54, 1.807) is 37.3 Å². The number of carbonyl (C=O) groups excluding carboxylic acids is 3. The first-order valence-corrected chi connectivity index (χ1v) is 9.16. The number of nitrogens with one attached hydrogen (secondary N) is 1. The quantitative estimate of drug-likeness (QED) is 0.529. The highest BCUT2D eigenvalue weighted by Crippen LogP contribution is 2.27. The maximum atomic E-state index is 12.0. The van der Waals surface area contributed by atoms with Crippen molar-refractivity contribution in [3.8, 4) is 5.75 Å². The van der Waals surface area contributed by atoms with E-state index in [0.29, 0.717) is 28.4 Å². The van der Waals surface area contributed by atoms with Gasteiger partial charge in [0.1, 0.15) is 5.75 Å². The number of ketones is 1. The molecule has 0 saturated carbocycles.